The monoisotopic (exact) mass is 365 g/mol. The number of carboxylic acids is 1. The molecule has 0 amide bonds. The highest BCUT2D eigenvalue weighted by Gasteiger charge is 2.15. The average Bonchev–Trinajstić information content (AvgIpc) is 2.57. The van der Waals surface area contributed by atoms with E-state index >= 15 is 0 Å². The summed E-state index contributed by atoms with van der Waals surface area (Å²) in [7, 11) is 0. The van der Waals surface area contributed by atoms with E-state index in [4.69, 9.17) is 9.15 Å². The van der Waals surface area contributed by atoms with Crippen LogP contribution in [-0.2, 0) is 17.8 Å². The van der Waals surface area contributed by atoms with Crippen molar-refractivity contribution in [1.82, 2.24) is 0 Å². The van der Waals surface area contributed by atoms with E-state index in [0.717, 1.165) is 5.56 Å². The molecule has 0 fully saturated rings. The smallest absolute Gasteiger partial charge is 0.340 e. The molecule has 2 aromatic carbocycles. The Morgan fingerprint density at radius 2 is 1.70 bits per heavy atom. The zero-order valence-corrected chi connectivity index (χ0v) is 15.8. The van der Waals surface area contributed by atoms with Crippen LogP contribution in [0.4, 0.5) is 0 Å². The van der Waals surface area contributed by atoms with E-state index < -0.39 is 18.0 Å². The number of rotatable bonds is 5. The Labute approximate surface area is 157 Å². The largest absolute Gasteiger partial charge is 0.550 e. The van der Waals surface area contributed by atoms with Crippen molar-refractivity contribution in [2.45, 2.75) is 40.7 Å². The molecule has 5 heteroatoms. The van der Waals surface area contributed by atoms with Gasteiger partial charge in [0.1, 0.15) is 17.9 Å². The van der Waals surface area contributed by atoms with Gasteiger partial charge in [-0.15, -0.1) is 0 Å². The molecule has 0 radical (unpaired) electrons. The highest BCUT2D eigenvalue weighted by Crippen LogP contribution is 2.30. The standard InChI is InChI=1S/C22H22O5/c1-12-7-13(2)9-16(8-12)11-26-19-6-5-17-14(3)18(10-20(23)24)22(25)27-21(17)15(19)4/h5-9H,10-11H2,1-4H3,(H,23,24)/p-1. The topological polar surface area (TPSA) is 79.6 Å². The Kier molecular flexibility index (Phi) is 5.04. The number of carboxylic acid groups (broad SMARTS) is 1. The summed E-state index contributed by atoms with van der Waals surface area (Å²) in [6.07, 6.45) is -0.464. The lowest BCUT2D eigenvalue weighted by atomic mass is 10.0. The van der Waals surface area contributed by atoms with Gasteiger partial charge in [-0.3, -0.25) is 0 Å². The van der Waals surface area contributed by atoms with E-state index in [9.17, 15) is 14.7 Å². The summed E-state index contributed by atoms with van der Waals surface area (Å²) in [5.74, 6) is -0.688. The second-order valence-corrected chi connectivity index (χ2v) is 6.89. The van der Waals surface area contributed by atoms with Crippen LogP contribution in [0.25, 0.3) is 11.0 Å². The number of ether oxygens (including phenoxy) is 1. The first-order chi connectivity index (χ1) is 12.8. The van der Waals surface area contributed by atoms with Gasteiger partial charge in [0.05, 0.1) is 0 Å². The van der Waals surface area contributed by atoms with Gasteiger partial charge in [0.2, 0.25) is 0 Å². The van der Waals surface area contributed by atoms with Gasteiger partial charge in [0.25, 0.3) is 0 Å². The van der Waals surface area contributed by atoms with E-state index in [0.29, 0.717) is 34.5 Å². The fourth-order valence-electron chi connectivity index (χ4n) is 3.39. The van der Waals surface area contributed by atoms with Gasteiger partial charge in [-0.25, -0.2) is 4.79 Å². The van der Waals surface area contributed by atoms with Crippen LogP contribution in [0.2, 0.25) is 0 Å². The molecule has 0 aliphatic carbocycles. The first-order valence-electron chi connectivity index (χ1n) is 8.72. The first-order valence-corrected chi connectivity index (χ1v) is 8.72. The van der Waals surface area contributed by atoms with Crippen LogP contribution in [0.1, 0.15) is 33.4 Å². The zero-order valence-electron chi connectivity index (χ0n) is 15.8. The number of aryl methyl sites for hydroxylation is 4. The third kappa shape index (κ3) is 3.87. The Bertz CT molecular complexity index is 1070. The minimum Gasteiger partial charge on any atom is -0.550 e. The van der Waals surface area contributed by atoms with Gasteiger partial charge in [0, 0.05) is 28.9 Å². The van der Waals surface area contributed by atoms with Crippen molar-refractivity contribution < 1.29 is 19.1 Å². The predicted molar refractivity (Wildman–Crippen MR) is 101 cm³/mol. The maximum atomic E-state index is 12.2. The van der Waals surface area contributed by atoms with Crippen molar-refractivity contribution in [3.8, 4) is 5.75 Å². The van der Waals surface area contributed by atoms with Crippen molar-refractivity contribution in [2.24, 2.45) is 0 Å². The van der Waals surface area contributed by atoms with Crippen LogP contribution < -0.4 is 15.5 Å². The second kappa shape index (κ2) is 7.27. The van der Waals surface area contributed by atoms with Crippen LogP contribution in [-0.4, -0.2) is 5.97 Å². The number of fused-ring (bicyclic) bond motifs is 1. The predicted octanol–water partition coefficient (Wildman–Crippen LogP) is 2.90. The van der Waals surface area contributed by atoms with Crippen molar-refractivity contribution in [3.63, 3.8) is 0 Å². The van der Waals surface area contributed by atoms with E-state index in [1.807, 2.05) is 26.8 Å². The summed E-state index contributed by atoms with van der Waals surface area (Å²) < 4.78 is 11.4. The molecule has 0 aliphatic heterocycles. The van der Waals surface area contributed by atoms with E-state index in [1.165, 1.54) is 11.1 Å². The third-order valence-electron chi connectivity index (χ3n) is 4.65. The number of benzene rings is 2. The Balaban J connectivity index is 1.97. The van der Waals surface area contributed by atoms with Crippen molar-refractivity contribution in [2.75, 3.05) is 0 Å². The Hall–Kier alpha value is -3.08. The molecule has 140 valence electrons. The maximum Gasteiger partial charge on any atom is 0.340 e. The number of carbonyl (C=O) groups excluding carboxylic acids is 1. The molecule has 0 N–H and O–H groups in total. The molecule has 0 atom stereocenters. The molecule has 0 spiro atoms. The van der Waals surface area contributed by atoms with E-state index in [2.05, 4.69) is 18.2 Å². The fraction of sp³-hybridized carbons (Fsp3) is 0.273. The molecule has 0 bridgehead atoms. The highest BCUT2D eigenvalue weighted by molar-refractivity contribution is 5.86. The van der Waals surface area contributed by atoms with E-state index in [-0.39, 0.29) is 5.56 Å². The highest BCUT2D eigenvalue weighted by atomic mass is 16.5. The second-order valence-electron chi connectivity index (χ2n) is 6.89. The third-order valence-corrected chi connectivity index (χ3v) is 4.65. The van der Waals surface area contributed by atoms with Gasteiger partial charge in [-0.1, -0.05) is 29.3 Å². The first kappa shape index (κ1) is 18.7. The van der Waals surface area contributed by atoms with E-state index in [1.54, 1.807) is 13.0 Å². The van der Waals surface area contributed by atoms with Gasteiger partial charge in [-0.2, -0.15) is 0 Å². The molecule has 0 unspecified atom stereocenters. The quantitative estimate of drug-likeness (QED) is 0.650. The average molecular weight is 365 g/mol. The summed E-state index contributed by atoms with van der Waals surface area (Å²) in [5, 5.41) is 11.6. The lowest BCUT2D eigenvalue weighted by Gasteiger charge is -2.14. The molecular formula is C22H21O5-. The molecule has 0 saturated heterocycles. The molecule has 1 heterocycles. The summed E-state index contributed by atoms with van der Waals surface area (Å²) >= 11 is 0. The van der Waals surface area contributed by atoms with Gasteiger partial charge >= 0.3 is 5.63 Å². The van der Waals surface area contributed by atoms with Crippen molar-refractivity contribution in [3.05, 3.63) is 74.1 Å². The number of hydrogen-bond donors (Lipinski definition) is 0. The summed E-state index contributed by atoms with van der Waals surface area (Å²) in [5.41, 5.74) is 4.58. The van der Waals surface area contributed by atoms with Crippen LogP contribution in [0, 0.1) is 27.7 Å². The SMILES string of the molecule is Cc1cc(C)cc(COc2ccc3c(C)c(CC(=O)[O-])c(=O)oc3c2C)c1. The lowest BCUT2D eigenvalue weighted by molar-refractivity contribution is -0.304. The number of carbonyl (C=O) groups is 1. The van der Waals surface area contributed by atoms with Gasteiger partial charge in [0.15, 0.2) is 0 Å². The lowest BCUT2D eigenvalue weighted by Crippen LogP contribution is -2.27. The fourth-order valence-corrected chi connectivity index (χ4v) is 3.39. The van der Waals surface area contributed by atoms with Crippen LogP contribution in [0.15, 0.2) is 39.5 Å². The van der Waals surface area contributed by atoms with Crippen LogP contribution in [0.5, 0.6) is 5.75 Å². The summed E-state index contributed by atoms with van der Waals surface area (Å²) in [6, 6.07) is 9.85. The molecular weight excluding hydrogens is 344 g/mol. The summed E-state index contributed by atoms with van der Waals surface area (Å²) in [6.45, 7) is 8.02. The number of aliphatic carboxylic acids is 1. The Morgan fingerprint density at radius 1 is 1.04 bits per heavy atom. The normalized spacial score (nSPS) is 11.0. The van der Waals surface area contributed by atoms with Crippen LogP contribution >= 0.6 is 0 Å². The molecule has 0 saturated carbocycles. The minimum atomic E-state index is -1.31. The number of hydrogen-bond acceptors (Lipinski definition) is 5. The molecule has 1 aromatic heterocycles. The molecule has 27 heavy (non-hydrogen) atoms. The minimum absolute atomic E-state index is 0.116. The van der Waals surface area contributed by atoms with Crippen LogP contribution in [0.3, 0.4) is 0 Å². The Morgan fingerprint density at radius 3 is 2.33 bits per heavy atom. The van der Waals surface area contributed by atoms with Gasteiger partial charge in [-0.05, 0) is 51.0 Å². The van der Waals surface area contributed by atoms with Gasteiger partial charge < -0.3 is 19.1 Å². The van der Waals surface area contributed by atoms with Crippen molar-refractivity contribution >= 4 is 16.9 Å². The molecule has 0 aliphatic rings. The molecule has 5 nitrogen and oxygen atoms in total. The maximum absolute atomic E-state index is 12.2. The van der Waals surface area contributed by atoms with Crippen molar-refractivity contribution in [1.29, 1.82) is 0 Å². The molecule has 3 aromatic rings. The molecule has 3 rings (SSSR count). The zero-order chi connectivity index (χ0) is 19.7. The summed E-state index contributed by atoms with van der Waals surface area (Å²) in [4.78, 5) is 23.1.